The highest BCUT2D eigenvalue weighted by Crippen LogP contribution is 2.11. The number of hydrogen-bond acceptors (Lipinski definition) is 6. The molecule has 0 aromatic heterocycles. The summed E-state index contributed by atoms with van der Waals surface area (Å²) in [6.07, 6.45) is 0.171. The fourth-order valence-corrected chi connectivity index (χ4v) is 1.80. The van der Waals surface area contributed by atoms with Crippen molar-refractivity contribution >= 4 is 36.1 Å². The Morgan fingerprint density at radius 1 is 1.04 bits per heavy atom. The predicted octanol–water partition coefficient (Wildman–Crippen LogP) is -1.54. The number of carbonyl (C=O) groups is 5. The van der Waals surface area contributed by atoms with Crippen molar-refractivity contribution in [1.82, 2.24) is 16.0 Å². The van der Waals surface area contributed by atoms with Gasteiger partial charge in [-0.1, -0.05) is 6.92 Å². The Morgan fingerprint density at radius 2 is 1.64 bits per heavy atom. The van der Waals surface area contributed by atoms with Crippen LogP contribution in [0.1, 0.15) is 19.8 Å². The van der Waals surface area contributed by atoms with Crippen LogP contribution in [0.25, 0.3) is 0 Å². The second-order valence-corrected chi connectivity index (χ2v) is 5.21. The van der Waals surface area contributed by atoms with E-state index in [1.807, 2.05) is 5.32 Å². The van der Waals surface area contributed by atoms with Gasteiger partial charge in [0, 0.05) is 12.6 Å². The first-order valence-corrected chi connectivity index (χ1v) is 7.08. The Bertz CT molecular complexity index is 550. The molecule has 0 radical (unpaired) electrons. The van der Waals surface area contributed by atoms with E-state index in [1.54, 1.807) is 0 Å². The minimum Gasteiger partial charge on any atom is -0.480 e. The standard InChI is InChI=1S/C13H20N4O8/c1-6(3-9(18)16-8(4-14)12(23)24)2-7(11(21)22)17-13(25)15-5-10(19)20/h4,6-8,14H,2-3,5H2,1H3,(H,16,18)(H,19,20)(H,21,22)(H,23,24)(H2,15,17,25). The lowest BCUT2D eigenvalue weighted by molar-refractivity contribution is -0.140. The molecule has 0 aliphatic rings. The van der Waals surface area contributed by atoms with Crippen LogP contribution >= 0.6 is 0 Å². The van der Waals surface area contributed by atoms with E-state index in [4.69, 9.17) is 20.7 Å². The van der Waals surface area contributed by atoms with Crippen LogP contribution in [-0.4, -0.2) is 70.0 Å². The van der Waals surface area contributed by atoms with Crippen molar-refractivity contribution in [2.75, 3.05) is 6.54 Å². The second kappa shape index (κ2) is 10.6. The zero-order valence-electron chi connectivity index (χ0n) is 13.3. The molecule has 0 aromatic carbocycles. The first-order valence-electron chi connectivity index (χ1n) is 7.08. The fraction of sp³-hybridized carbons (Fsp3) is 0.538. The zero-order chi connectivity index (χ0) is 19.6. The topological polar surface area (TPSA) is 206 Å². The van der Waals surface area contributed by atoms with Crippen LogP contribution in [0.5, 0.6) is 0 Å². The van der Waals surface area contributed by atoms with E-state index in [2.05, 4.69) is 10.6 Å². The summed E-state index contributed by atoms with van der Waals surface area (Å²) in [5, 5.41) is 39.2. The van der Waals surface area contributed by atoms with Crippen LogP contribution in [0, 0.1) is 11.3 Å². The number of nitrogens with one attached hydrogen (secondary N) is 4. The molecule has 3 unspecified atom stereocenters. The lowest BCUT2D eigenvalue weighted by atomic mass is 9.98. The molecule has 0 heterocycles. The van der Waals surface area contributed by atoms with Gasteiger partial charge in [0.05, 0.1) is 0 Å². The Kier molecular flexibility index (Phi) is 9.22. The minimum atomic E-state index is -1.48. The Labute approximate surface area is 142 Å². The number of aliphatic carboxylic acids is 3. The van der Waals surface area contributed by atoms with Gasteiger partial charge in [-0.05, 0) is 12.3 Å². The van der Waals surface area contributed by atoms with Gasteiger partial charge in [-0.2, -0.15) is 0 Å². The highest BCUT2D eigenvalue weighted by molar-refractivity contribution is 5.96. The molecule has 0 rings (SSSR count). The van der Waals surface area contributed by atoms with Crippen LogP contribution in [0.4, 0.5) is 4.79 Å². The summed E-state index contributed by atoms with van der Waals surface area (Å²) in [5.41, 5.74) is 0. The molecule has 12 nitrogen and oxygen atoms in total. The van der Waals surface area contributed by atoms with Gasteiger partial charge in [0.15, 0.2) is 6.04 Å². The Balaban J connectivity index is 4.56. The number of hydrogen-bond donors (Lipinski definition) is 7. The van der Waals surface area contributed by atoms with Crippen LogP contribution in [0.3, 0.4) is 0 Å². The number of carbonyl (C=O) groups excluding carboxylic acids is 2. The maximum atomic E-state index is 11.7. The van der Waals surface area contributed by atoms with Gasteiger partial charge in [-0.15, -0.1) is 0 Å². The summed E-state index contributed by atoms with van der Waals surface area (Å²) in [6, 6.07) is -3.83. The molecule has 0 aliphatic carbocycles. The second-order valence-electron chi connectivity index (χ2n) is 5.21. The average molecular weight is 360 g/mol. The normalized spacial score (nSPS) is 13.6. The number of amides is 3. The third-order valence-electron chi connectivity index (χ3n) is 2.92. The lowest BCUT2D eigenvalue weighted by Gasteiger charge is -2.19. The smallest absolute Gasteiger partial charge is 0.331 e. The third-order valence-corrected chi connectivity index (χ3v) is 2.92. The van der Waals surface area contributed by atoms with Crippen molar-refractivity contribution in [3.05, 3.63) is 0 Å². The van der Waals surface area contributed by atoms with E-state index in [0.717, 1.165) is 0 Å². The molecule has 0 saturated heterocycles. The van der Waals surface area contributed by atoms with Crippen LogP contribution in [0.15, 0.2) is 0 Å². The summed E-state index contributed by atoms with van der Waals surface area (Å²) < 4.78 is 0. The molecule has 0 bridgehead atoms. The summed E-state index contributed by atoms with van der Waals surface area (Å²) in [7, 11) is 0. The van der Waals surface area contributed by atoms with E-state index >= 15 is 0 Å². The maximum absolute atomic E-state index is 11.7. The molecule has 140 valence electrons. The molecule has 7 N–H and O–H groups in total. The molecule has 0 saturated carbocycles. The van der Waals surface area contributed by atoms with Crippen molar-refractivity contribution in [2.45, 2.75) is 31.8 Å². The van der Waals surface area contributed by atoms with Crippen molar-refractivity contribution in [3.63, 3.8) is 0 Å². The van der Waals surface area contributed by atoms with Crippen LogP contribution in [0.2, 0.25) is 0 Å². The molecular weight excluding hydrogens is 340 g/mol. The molecule has 12 heteroatoms. The summed E-state index contributed by atoms with van der Waals surface area (Å²) in [4.78, 5) is 55.3. The molecule has 0 aromatic rings. The summed E-state index contributed by atoms with van der Waals surface area (Å²) in [5.74, 6) is -5.31. The number of carboxylic acid groups (broad SMARTS) is 3. The van der Waals surface area contributed by atoms with E-state index in [1.165, 1.54) is 6.92 Å². The van der Waals surface area contributed by atoms with Crippen molar-refractivity contribution in [3.8, 4) is 0 Å². The van der Waals surface area contributed by atoms with E-state index in [0.29, 0.717) is 6.21 Å². The molecule has 0 aliphatic heterocycles. The van der Waals surface area contributed by atoms with Gasteiger partial charge < -0.3 is 36.7 Å². The van der Waals surface area contributed by atoms with Gasteiger partial charge in [0.2, 0.25) is 5.91 Å². The Morgan fingerprint density at radius 3 is 2.08 bits per heavy atom. The molecular formula is C13H20N4O8. The third kappa shape index (κ3) is 9.53. The SMILES string of the molecule is CC(CC(=O)NC(C=N)C(=O)O)CC(NC(=O)NCC(=O)O)C(=O)O. The van der Waals surface area contributed by atoms with Crippen molar-refractivity contribution in [1.29, 1.82) is 5.41 Å². The molecule has 3 amide bonds. The molecule has 25 heavy (non-hydrogen) atoms. The average Bonchev–Trinajstić information content (AvgIpc) is 2.49. The van der Waals surface area contributed by atoms with Crippen LogP contribution < -0.4 is 16.0 Å². The van der Waals surface area contributed by atoms with E-state index in [-0.39, 0.29) is 12.8 Å². The molecule has 3 atom stereocenters. The van der Waals surface area contributed by atoms with Gasteiger partial charge >= 0.3 is 23.9 Å². The van der Waals surface area contributed by atoms with E-state index in [9.17, 15) is 24.0 Å². The summed E-state index contributed by atoms with van der Waals surface area (Å²) >= 11 is 0. The zero-order valence-corrected chi connectivity index (χ0v) is 13.3. The largest absolute Gasteiger partial charge is 0.480 e. The van der Waals surface area contributed by atoms with E-state index < -0.39 is 54.4 Å². The van der Waals surface area contributed by atoms with Crippen molar-refractivity contribution < 1.29 is 39.3 Å². The summed E-state index contributed by atoms with van der Waals surface area (Å²) in [6.45, 7) is 0.836. The highest BCUT2D eigenvalue weighted by atomic mass is 16.4. The van der Waals surface area contributed by atoms with Gasteiger partial charge in [-0.3, -0.25) is 9.59 Å². The first-order chi connectivity index (χ1) is 11.6. The number of urea groups is 1. The monoisotopic (exact) mass is 360 g/mol. The van der Waals surface area contributed by atoms with Crippen molar-refractivity contribution in [2.24, 2.45) is 5.92 Å². The van der Waals surface area contributed by atoms with Crippen LogP contribution in [-0.2, 0) is 19.2 Å². The predicted molar refractivity (Wildman–Crippen MR) is 82.3 cm³/mol. The quantitative estimate of drug-likeness (QED) is 0.214. The molecule has 0 fully saturated rings. The highest BCUT2D eigenvalue weighted by Gasteiger charge is 2.25. The maximum Gasteiger partial charge on any atom is 0.331 e. The fourth-order valence-electron chi connectivity index (χ4n) is 1.80. The molecule has 0 spiro atoms. The minimum absolute atomic E-state index is 0.147. The van der Waals surface area contributed by atoms with Gasteiger partial charge in [-0.25, -0.2) is 14.4 Å². The number of rotatable bonds is 11. The van der Waals surface area contributed by atoms with Gasteiger partial charge in [0.1, 0.15) is 12.6 Å². The number of carboxylic acids is 3. The first kappa shape index (κ1) is 21.8. The lowest BCUT2D eigenvalue weighted by Crippen LogP contribution is -2.48. The Hall–Kier alpha value is -3.18. The van der Waals surface area contributed by atoms with Gasteiger partial charge in [0.25, 0.3) is 0 Å².